The van der Waals surface area contributed by atoms with Crippen molar-refractivity contribution in [2.45, 2.75) is 46.3 Å². The predicted octanol–water partition coefficient (Wildman–Crippen LogP) is 5.80. The van der Waals surface area contributed by atoms with Gasteiger partial charge in [0.05, 0.1) is 18.8 Å². The molecule has 0 fully saturated rings. The molecule has 0 atom stereocenters. The van der Waals surface area contributed by atoms with Crippen molar-refractivity contribution in [2.24, 2.45) is 0 Å². The van der Waals surface area contributed by atoms with Gasteiger partial charge in [0.2, 0.25) is 5.88 Å². The van der Waals surface area contributed by atoms with Gasteiger partial charge in [-0.25, -0.2) is 22.9 Å². The summed E-state index contributed by atoms with van der Waals surface area (Å²) in [6.45, 7) is 7.16. The van der Waals surface area contributed by atoms with E-state index in [0.29, 0.717) is 11.1 Å². The normalized spacial score (nSPS) is 11.6. The van der Waals surface area contributed by atoms with Gasteiger partial charge in [0.15, 0.2) is 0 Å². The highest BCUT2D eigenvalue weighted by Gasteiger charge is 2.19. The zero-order valence-electron chi connectivity index (χ0n) is 18.2. The monoisotopic (exact) mass is 447 g/mol. The topological polar surface area (TPSA) is 73.3 Å². The number of amides is 1. The Kier molecular flexibility index (Phi) is 6.86. The summed E-state index contributed by atoms with van der Waals surface area (Å²) < 4.78 is 52.1. The van der Waals surface area contributed by atoms with Crippen LogP contribution in [0, 0.1) is 5.82 Å². The number of nitrogens with zero attached hydrogens (tertiary/aromatic N) is 2. The molecular weight excluding hydrogens is 423 g/mol. The molecule has 0 bridgehead atoms. The first-order valence-electron chi connectivity index (χ1n) is 10.0. The van der Waals surface area contributed by atoms with Crippen LogP contribution in [0.4, 0.5) is 18.0 Å². The average molecular weight is 447 g/mol. The van der Waals surface area contributed by atoms with Gasteiger partial charge in [-0.15, -0.1) is 0 Å². The summed E-state index contributed by atoms with van der Waals surface area (Å²) in [5.74, 6) is -0.639. The summed E-state index contributed by atoms with van der Waals surface area (Å²) in [6, 6.07) is 7.24. The Morgan fingerprint density at radius 1 is 1.16 bits per heavy atom. The number of halogens is 3. The predicted molar refractivity (Wildman–Crippen MR) is 114 cm³/mol. The highest BCUT2D eigenvalue weighted by Crippen LogP contribution is 2.35. The van der Waals surface area contributed by atoms with Crippen LogP contribution in [0.5, 0.6) is 5.88 Å². The molecule has 0 aliphatic carbocycles. The van der Waals surface area contributed by atoms with Crippen molar-refractivity contribution in [3.8, 4) is 17.0 Å². The number of ether oxygens (including phenoxy) is 2. The van der Waals surface area contributed by atoms with Gasteiger partial charge in [-0.3, -0.25) is 4.98 Å². The van der Waals surface area contributed by atoms with Crippen LogP contribution in [0.3, 0.4) is 0 Å². The van der Waals surface area contributed by atoms with Crippen molar-refractivity contribution < 1.29 is 27.4 Å². The van der Waals surface area contributed by atoms with Gasteiger partial charge >= 0.3 is 6.09 Å². The van der Waals surface area contributed by atoms with Crippen LogP contribution in [0.1, 0.15) is 45.5 Å². The molecule has 0 spiro atoms. The van der Waals surface area contributed by atoms with Crippen LogP contribution in [-0.4, -0.2) is 28.3 Å². The van der Waals surface area contributed by atoms with E-state index in [2.05, 4.69) is 15.3 Å². The third kappa shape index (κ3) is 5.46. The molecule has 0 radical (unpaired) electrons. The molecule has 6 nitrogen and oxygen atoms in total. The van der Waals surface area contributed by atoms with Crippen LogP contribution < -0.4 is 10.1 Å². The van der Waals surface area contributed by atoms with E-state index < -0.39 is 29.6 Å². The van der Waals surface area contributed by atoms with E-state index in [1.807, 2.05) is 0 Å². The van der Waals surface area contributed by atoms with Crippen molar-refractivity contribution in [3.63, 3.8) is 0 Å². The summed E-state index contributed by atoms with van der Waals surface area (Å²) in [5.41, 5.74) is -0.241. The van der Waals surface area contributed by atoms with Crippen LogP contribution in [0.2, 0.25) is 0 Å². The summed E-state index contributed by atoms with van der Waals surface area (Å²) in [7, 11) is 0. The lowest BCUT2D eigenvalue weighted by Crippen LogP contribution is -2.32. The van der Waals surface area contributed by atoms with Crippen molar-refractivity contribution in [1.82, 2.24) is 15.3 Å². The van der Waals surface area contributed by atoms with Gasteiger partial charge in [-0.05, 0) is 45.9 Å². The van der Waals surface area contributed by atoms with E-state index in [1.165, 1.54) is 24.4 Å². The highest BCUT2D eigenvalue weighted by molar-refractivity contribution is 5.88. The number of rotatable bonds is 6. The number of hydrogen-bond donors (Lipinski definition) is 1. The maximum atomic E-state index is 15.5. The molecule has 32 heavy (non-hydrogen) atoms. The van der Waals surface area contributed by atoms with E-state index >= 15 is 4.39 Å². The third-order valence-electron chi connectivity index (χ3n) is 4.38. The standard InChI is InChI=1S/C23H24F3N3O3/c1-5-31-21-16(8-9-18(29-21)20(25)26)15-7-6-13-11-27-14(10-17(13)19(15)24)12-28-22(30)32-23(2,3)4/h6-11,20H,5,12H2,1-4H3,(H,28,30). The van der Waals surface area contributed by atoms with E-state index in [4.69, 9.17) is 9.47 Å². The lowest BCUT2D eigenvalue weighted by Gasteiger charge is -2.19. The van der Waals surface area contributed by atoms with Gasteiger partial charge in [-0.1, -0.05) is 12.1 Å². The number of alkyl halides is 2. The second kappa shape index (κ2) is 9.42. The minimum Gasteiger partial charge on any atom is -0.478 e. The molecule has 0 unspecified atom stereocenters. The number of alkyl carbamates (subject to hydrolysis) is 1. The summed E-state index contributed by atoms with van der Waals surface area (Å²) >= 11 is 0. The van der Waals surface area contributed by atoms with Gasteiger partial charge in [0.25, 0.3) is 6.43 Å². The number of aromatic nitrogens is 2. The van der Waals surface area contributed by atoms with Crippen LogP contribution in [-0.2, 0) is 11.3 Å². The molecule has 0 aliphatic rings. The summed E-state index contributed by atoms with van der Waals surface area (Å²) in [4.78, 5) is 19.9. The molecule has 170 valence electrons. The van der Waals surface area contributed by atoms with Gasteiger partial charge < -0.3 is 14.8 Å². The van der Waals surface area contributed by atoms with Gasteiger partial charge in [-0.2, -0.15) is 0 Å². The fourth-order valence-corrected chi connectivity index (χ4v) is 3.03. The lowest BCUT2D eigenvalue weighted by molar-refractivity contribution is 0.0523. The molecule has 2 heterocycles. The van der Waals surface area contributed by atoms with Gasteiger partial charge in [0.1, 0.15) is 17.1 Å². The van der Waals surface area contributed by atoms with Crippen molar-refractivity contribution >= 4 is 16.9 Å². The average Bonchev–Trinajstić information content (AvgIpc) is 2.72. The summed E-state index contributed by atoms with van der Waals surface area (Å²) in [5, 5.41) is 3.39. The zero-order chi connectivity index (χ0) is 23.5. The fourth-order valence-electron chi connectivity index (χ4n) is 3.03. The Balaban J connectivity index is 1.95. The van der Waals surface area contributed by atoms with Crippen LogP contribution in [0.15, 0.2) is 36.5 Å². The number of nitrogens with one attached hydrogen (secondary N) is 1. The molecule has 1 N–H and O–H groups in total. The largest absolute Gasteiger partial charge is 0.478 e. The number of benzene rings is 1. The Bertz CT molecular complexity index is 1130. The van der Waals surface area contributed by atoms with Gasteiger partial charge in [0, 0.05) is 28.1 Å². The molecule has 3 aromatic rings. The minimum absolute atomic E-state index is 0.0450. The molecule has 0 saturated heterocycles. The van der Waals surface area contributed by atoms with Crippen molar-refractivity contribution in [3.05, 3.63) is 53.7 Å². The number of fused-ring (bicyclic) bond motifs is 1. The van der Waals surface area contributed by atoms with Crippen molar-refractivity contribution in [2.75, 3.05) is 6.61 Å². The Hall–Kier alpha value is -3.36. The number of pyridine rings is 2. The fraction of sp³-hybridized carbons (Fsp3) is 0.348. The highest BCUT2D eigenvalue weighted by atomic mass is 19.3. The third-order valence-corrected chi connectivity index (χ3v) is 4.38. The summed E-state index contributed by atoms with van der Waals surface area (Å²) in [6.07, 6.45) is -1.88. The van der Waals surface area contributed by atoms with E-state index in [9.17, 15) is 13.6 Å². The molecule has 1 amide bonds. The molecule has 0 aliphatic heterocycles. The lowest BCUT2D eigenvalue weighted by atomic mass is 10.0. The SMILES string of the molecule is CCOc1nc(C(F)F)ccc1-c1ccc2cnc(CNC(=O)OC(C)(C)C)cc2c1F. The van der Waals surface area contributed by atoms with Crippen molar-refractivity contribution in [1.29, 1.82) is 0 Å². The quantitative estimate of drug-likeness (QED) is 0.517. The molecule has 2 aromatic heterocycles. The number of carbonyl (C=O) groups excluding carboxylic acids is 1. The Morgan fingerprint density at radius 2 is 1.88 bits per heavy atom. The van der Waals surface area contributed by atoms with Crippen LogP contribution >= 0.6 is 0 Å². The molecule has 1 aromatic carbocycles. The van der Waals surface area contributed by atoms with Crippen LogP contribution in [0.25, 0.3) is 21.9 Å². The Labute approximate surface area is 183 Å². The maximum Gasteiger partial charge on any atom is 0.407 e. The molecule has 9 heteroatoms. The minimum atomic E-state index is -2.77. The second-order valence-electron chi connectivity index (χ2n) is 8.00. The first-order valence-corrected chi connectivity index (χ1v) is 10.0. The van der Waals surface area contributed by atoms with E-state index in [0.717, 1.165) is 6.07 Å². The molecule has 0 saturated carbocycles. The maximum absolute atomic E-state index is 15.5. The number of hydrogen-bond acceptors (Lipinski definition) is 5. The van der Waals surface area contributed by atoms with E-state index in [-0.39, 0.29) is 35.5 Å². The zero-order valence-corrected chi connectivity index (χ0v) is 18.2. The Morgan fingerprint density at radius 3 is 2.53 bits per heavy atom. The smallest absolute Gasteiger partial charge is 0.407 e. The molecular formula is C23H24F3N3O3. The second-order valence-corrected chi connectivity index (χ2v) is 8.00. The number of carbonyl (C=O) groups is 1. The van der Waals surface area contributed by atoms with E-state index in [1.54, 1.807) is 33.8 Å². The molecule has 3 rings (SSSR count). The first kappa shape index (κ1) is 23.3. The first-order chi connectivity index (χ1) is 15.1.